The molecule has 0 N–H and O–H groups in total. The van der Waals surface area contributed by atoms with Crippen molar-refractivity contribution in [2.24, 2.45) is 5.92 Å². The third-order valence-corrected chi connectivity index (χ3v) is 5.78. The zero-order chi connectivity index (χ0) is 18.8. The number of carbonyl (C=O) groups excluding carboxylic acids is 1. The number of hydrogen-bond acceptors (Lipinski definition) is 5. The molecule has 3 aliphatic heterocycles. The highest BCUT2D eigenvalue weighted by Gasteiger charge is 2.29. The van der Waals surface area contributed by atoms with Gasteiger partial charge in [0.15, 0.2) is 11.5 Å². The van der Waals surface area contributed by atoms with Gasteiger partial charge in [0.05, 0.1) is 11.6 Å². The molecule has 0 unspecified atom stereocenters. The summed E-state index contributed by atoms with van der Waals surface area (Å²) < 4.78 is 30.1. The first-order valence-electron chi connectivity index (χ1n) is 9.51. The number of fused-ring (bicyclic) bond motifs is 1. The Kier molecular flexibility index (Phi) is 7.17. The van der Waals surface area contributed by atoms with Crippen molar-refractivity contribution in [3.63, 3.8) is 0 Å². The summed E-state index contributed by atoms with van der Waals surface area (Å²) in [4.78, 5) is 15.6. The smallest absolute Gasteiger partial charge is 0.409 e. The zero-order valence-electron chi connectivity index (χ0n) is 15.7. The predicted octanol–water partition coefficient (Wildman–Crippen LogP) is 3.29. The van der Waals surface area contributed by atoms with E-state index in [0.717, 1.165) is 45.4 Å². The topological polar surface area (TPSA) is 51.2 Å². The van der Waals surface area contributed by atoms with Gasteiger partial charge in [0.25, 0.3) is 0 Å². The van der Waals surface area contributed by atoms with E-state index in [1.165, 1.54) is 12.1 Å². The van der Waals surface area contributed by atoms with Gasteiger partial charge in [-0.25, -0.2) is 9.18 Å². The molecule has 0 saturated carbocycles. The Bertz CT molecular complexity index is 703. The summed E-state index contributed by atoms with van der Waals surface area (Å²) in [5.74, 6) is 1.01. The van der Waals surface area contributed by atoms with Gasteiger partial charge in [0.2, 0.25) is 0 Å². The summed E-state index contributed by atoms with van der Waals surface area (Å²) in [6, 6.07) is 2.56. The van der Waals surface area contributed by atoms with Gasteiger partial charge in [-0.2, -0.15) is 13.5 Å². The molecule has 1 atom stereocenters. The monoisotopic (exact) mass is 432 g/mol. The number of ether oxygens (including phenoxy) is 3. The molecule has 3 heterocycles. The van der Waals surface area contributed by atoms with Crippen molar-refractivity contribution >= 4 is 31.2 Å². The lowest BCUT2D eigenvalue weighted by molar-refractivity contribution is 0.0465. The molecule has 1 amide bonds. The van der Waals surface area contributed by atoms with E-state index in [4.69, 9.17) is 25.8 Å². The molecular formula is C19H26ClFN2O4S. The van der Waals surface area contributed by atoms with Gasteiger partial charge < -0.3 is 19.1 Å². The van der Waals surface area contributed by atoms with Crippen LogP contribution in [-0.2, 0) is 4.74 Å². The number of likely N-dealkylation sites (tertiary alicyclic amines) is 1. The molecule has 9 heteroatoms. The minimum absolute atomic E-state index is 0. The summed E-state index contributed by atoms with van der Waals surface area (Å²) in [7, 11) is 0. The number of amides is 1. The first-order valence-corrected chi connectivity index (χ1v) is 9.89. The number of nitrogens with zero attached hydrogens (tertiary/aromatic N) is 2. The third kappa shape index (κ3) is 4.96. The summed E-state index contributed by atoms with van der Waals surface area (Å²) in [5, 5.41) is 0.242. The second-order valence-corrected chi connectivity index (χ2v) is 7.81. The van der Waals surface area contributed by atoms with Crippen LogP contribution >= 0.6 is 25.1 Å². The van der Waals surface area contributed by atoms with Crippen LogP contribution in [0.3, 0.4) is 0 Å². The highest BCUT2D eigenvalue weighted by Crippen LogP contribution is 2.39. The van der Waals surface area contributed by atoms with Gasteiger partial charge in [0.1, 0.15) is 25.1 Å². The number of piperidine rings is 1. The van der Waals surface area contributed by atoms with E-state index in [1.54, 1.807) is 4.90 Å². The van der Waals surface area contributed by atoms with Crippen LogP contribution in [0.4, 0.5) is 9.18 Å². The molecule has 6 nitrogen and oxygen atoms in total. The highest BCUT2D eigenvalue weighted by molar-refractivity contribution is 7.59. The van der Waals surface area contributed by atoms with Crippen LogP contribution in [-0.4, -0.2) is 67.9 Å². The van der Waals surface area contributed by atoms with Crippen LogP contribution in [0.2, 0.25) is 5.02 Å². The number of rotatable bonds is 5. The lowest BCUT2D eigenvalue weighted by Crippen LogP contribution is -2.44. The summed E-state index contributed by atoms with van der Waals surface area (Å²) in [6.07, 6.45) is 2.92. The molecule has 0 aromatic heterocycles. The molecule has 156 valence electrons. The van der Waals surface area contributed by atoms with Crippen molar-refractivity contribution in [3.8, 4) is 11.5 Å². The predicted molar refractivity (Wildman–Crippen MR) is 108 cm³/mol. The van der Waals surface area contributed by atoms with Gasteiger partial charge in [-0.15, -0.1) is 0 Å². The summed E-state index contributed by atoms with van der Waals surface area (Å²) in [5.41, 5.74) is 0. The van der Waals surface area contributed by atoms with E-state index in [0.29, 0.717) is 37.2 Å². The van der Waals surface area contributed by atoms with Gasteiger partial charge >= 0.3 is 6.09 Å². The average molecular weight is 433 g/mol. The molecule has 0 spiro atoms. The van der Waals surface area contributed by atoms with Crippen LogP contribution in [0.25, 0.3) is 0 Å². The third-order valence-electron chi connectivity index (χ3n) is 5.50. The van der Waals surface area contributed by atoms with Crippen LogP contribution in [0.5, 0.6) is 11.5 Å². The molecule has 3 aliphatic rings. The largest absolute Gasteiger partial charge is 0.484 e. The molecule has 2 saturated heterocycles. The number of hydrogen-bond donors (Lipinski definition) is 0. The fourth-order valence-corrected chi connectivity index (χ4v) is 4.21. The van der Waals surface area contributed by atoms with Crippen molar-refractivity contribution in [3.05, 3.63) is 23.0 Å². The van der Waals surface area contributed by atoms with Gasteiger partial charge in [-0.3, -0.25) is 4.90 Å². The van der Waals surface area contributed by atoms with E-state index in [2.05, 4.69) is 4.90 Å². The van der Waals surface area contributed by atoms with E-state index in [-0.39, 0.29) is 30.7 Å². The maximum absolute atomic E-state index is 13.5. The van der Waals surface area contributed by atoms with Crippen molar-refractivity contribution in [2.45, 2.75) is 25.4 Å². The number of benzene rings is 1. The molecule has 2 fully saturated rings. The second kappa shape index (κ2) is 9.41. The number of carbonyl (C=O) groups is 1. The fourth-order valence-electron chi connectivity index (χ4n) is 3.96. The average Bonchev–Trinajstić information content (AvgIpc) is 3.05. The van der Waals surface area contributed by atoms with Gasteiger partial charge in [-0.1, -0.05) is 11.6 Å². The summed E-state index contributed by atoms with van der Waals surface area (Å²) in [6.45, 7) is 5.15. The van der Waals surface area contributed by atoms with Gasteiger partial charge in [0, 0.05) is 19.2 Å². The molecule has 4 rings (SSSR count). The maximum Gasteiger partial charge on any atom is 0.409 e. The van der Waals surface area contributed by atoms with Crippen LogP contribution in [0.15, 0.2) is 12.1 Å². The Morgan fingerprint density at radius 3 is 2.68 bits per heavy atom. The van der Waals surface area contributed by atoms with Crippen LogP contribution < -0.4 is 9.47 Å². The molecular weight excluding hydrogens is 407 g/mol. The minimum atomic E-state index is -0.425. The molecule has 1 aromatic rings. The van der Waals surface area contributed by atoms with Gasteiger partial charge in [-0.05, 0) is 44.3 Å². The highest BCUT2D eigenvalue weighted by atomic mass is 35.5. The molecule has 0 radical (unpaired) electrons. The lowest BCUT2D eigenvalue weighted by Gasteiger charge is -2.36. The van der Waals surface area contributed by atoms with Crippen molar-refractivity contribution in [1.82, 2.24) is 9.80 Å². The molecule has 28 heavy (non-hydrogen) atoms. The van der Waals surface area contributed by atoms with E-state index in [9.17, 15) is 9.18 Å². The van der Waals surface area contributed by atoms with E-state index >= 15 is 0 Å². The SMILES string of the molecule is O=C1OCCN1CCC1CCN(C[C@H]2COc3c(Cl)cc(F)cc3O2)CC1.S. The molecule has 0 aliphatic carbocycles. The second-order valence-electron chi connectivity index (χ2n) is 7.40. The quantitative estimate of drug-likeness (QED) is 0.714. The lowest BCUT2D eigenvalue weighted by atomic mass is 9.93. The standard InChI is InChI=1S/C19H24ClFN2O4.H2S/c20-16-9-14(21)10-17-18(16)26-12-15(27-17)11-22-4-1-13(2-5-22)3-6-23-7-8-25-19(23)24;/h9-10,13,15H,1-8,11-12H2;1H2/t15-;/m0./s1. The normalized spacial score (nSPS) is 22.7. The van der Waals surface area contributed by atoms with Crippen LogP contribution in [0.1, 0.15) is 19.3 Å². The maximum atomic E-state index is 13.5. The Labute approximate surface area is 176 Å². The summed E-state index contributed by atoms with van der Waals surface area (Å²) >= 11 is 6.00. The van der Waals surface area contributed by atoms with E-state index < -0.39 is 5.82 Å². The number of halogens is 2. The van der Waals surface area contributed by atoms with E-state index in [1.807, 2.05) is 0 Å². The first-order chi connectivity index (χ1) is 13.1. The zero-order valence-corrected chi connectivity index (χ0v) is 17.4. The Morgan fingerprint density at radius 2 is 1.96 bits per heavy atom. The van der Waals surface area contributed by atoms with Crippen molar-refractivity contribution < 1.29 is 23.4 Å². The Balaban J connectivity index is 0.00000225. The Morgan fingerprint density at radius 1 is 1.18 bits per heavy atom. The molecule has 0 bridgehead atoms. The number of cyclic esters (lactones) is 1. The van der Waals surface area contributed by atoms with Crippen molar-refractivity contribution in [2.75, 3.05) is 45.9 Å². The Hall–Kier alpha value is -1.38. The van der Waals surface area contributed by atoms with Crippen molar-refractivity contribution in [1.29, 1.82) is 0 Å². The van der Waals surface area contributed by atoms with Crippen LogP contribution in [0, 0.1) is 11.7 Å². The molecule has 1 aromatic carbocycles. The minimum Gasteiger partial charge on any atom is -0.484 e. The first kappa shape index (κ1) is 21.3. The fraction of sp³-hybridized carbons (Fsp3) is 0.632.